The summed E-state index contributed by atoms with van der Waals surface area (Å²) >= 11 is 0. The molecule has 3 atom stereocenters. The first kappa shape index (κ1) is 13.5. The Bertz CT molecular complexity index is 221. The van der Waals surface area contributed by atoms with Gasteiger partial charge in [-0.05, 0) is 19.3 Å². The van der Waals surface area contributed by atoms with Crippen molar-refractivity contribution in [2.45, 2.75) is 51.7 Å². The molecule has 1 aliphatic rings. The Morgan fingerprint density at radius 1 is 1.56 bits per heavy atom. The van der Waals surface area contributed by atoms with E-state index < -0.39 is 0 Å². The van der Waals surface area contributed by atoms with Crippen LogP contribution in [-0.2, 0) is 9.53 Å². The van der Waals surface area contributed by atoms with Gasteiger partial charge >= 0.3 is 0 Å². The zero-order valence-electron chi connectivity index (χ0n) is 10.4. The highest BCUT2D eigenvalue weighted by molar-refractivity contribution is 5.79. The Morgan fingerprint density at radius 2 is 2.31 bits per heavy atom. The van der Waals surface area contributed by atoms with Gasteiger partial charge in [0.2, 0.25) is 5.91 Å². The summed E-state index contributed by atoms with van der Waals surface area (Å²) < 4.78 is 5.50. The molecule has 16 heavy (non-hydrogen) atoms. The minimum absolute atomic E-state index is 0.0267. The van der Waals surface area contributed by atoms with Crippen molar-refractivity contribution < 1.29 is 9.53 Å². The van der Waals surface area contributed by atoms with E-state index in [9.17, 15) is 4.79 Å². The van der Waals surface area contributed by atoms with Gasteiger partial charge in [0.05, 0.1) is 12.0 Å². The second-order valence-corrected chi connectivity index (χ2v) is 4.51. The van der Waals surface area contributed by atoms with E-state index in [-0.39, 0.29) is 24.0 Å². The highest BCUT2D eigenvalue weighted by Crippen LogP contribution is 2.23. The molecule has 1 saturated heterocycles. The normalized spacial score (nSPS) is 26.7. The topological polar surface area (TPSA) is 64.3 Å². The first-order valence-electron chi connectivity index (χ1n) is 6.33. The predicted octanol–water partition coefficient (Wildman–Crippen LogP) is 1.05. The van der Waals surface area contributed by atoms with Gasteiger partial charge in [0.1, 0.15) is 0 Å². The molecule has 0 aromatic heterocycles. The highest BCUT2D eigenvalue weighted by Gasteiger charge is 2.32. The molecule has 0 bridgehead atoms. The average Bonchev–Trinajstić information content (AvgIpc) is 2.74. The van der Waals surface area contributed by atoms with E-state index in [4.69, 9.17) is 10.5 Å². The smallest absolute Gasteiger partial charge is 0.225 e. The van der Waals surface area contributed by atoms with Crippen molar-refractivity contribution in [1.82, 2.24) is 5.32 Å². The van der Waals surface area contributed by atoms with Crippen LogP contribution < -0.4 is 11.1 Å². The van der Waals surface area contributed by atoms with Crippen molar-refractivity contribution in [1.29, 1.82) is 0 Å². The summed E-state index contributed by atoms with van der Waals surface area (Å²) in [6.07, 6.45) is 3.86. The van der Waals surface area contributed by atoms with Gasteiger partial charge in [0.25, 0.3) is 0 Å². The van der Waals surface area contributed by atoms with Crippen LogP contribution in [0.2, 0.25) is 0 Å². The molecule has 3 unspecified atom stereocenters. The predicted molar refractivity (Wildman–Crippen MR) is 64.0 cm³/mol. The summed E-state index contributed by atoms with van der Waals surface area (Å²) in [7, 11) is 0. The second-order valence-electron chi connectivity index (χ2n) is 4.51. The maximum atomic E-state index is 11.9. The van der Waals surface area contributed by atoms with E-state index in [0.29, 0.717) is 13.2 Å². The summed E-state index contributed by atoms with van der Waals surface area (Å²) in [5.74, 6) is 0.134. The number of rotatable bonds is 6. The van der Waals surface area contributed by atoms with Gasteiger partial charge in [-0.25, -0.2) is 0 Å². The highest BCUT2D eigenvalue weighted by atomic mass is 16.5. The van der Waals surface area contributed by atoms with Gasteiger partial charge in [-0.15, -0.1) is 0 Å². The number of hydrogen-bond donors (Lipinski definition) is 2. The minimum atomic E-state index is 0.0267. The van der Waals surface area contributed by atoms with Gasteiger partial charge in [0.15, 0.2) is 0 Å². The van der Waals surface area contributed by atoms with Crippen molar-refractivity contribution >= 4 is 5.91 Å². The zero-order chi connectivity index (χ0) is 12.0. The van der Waals surface area contributed by atoms with Crippen molar-refractivity contribution in [3.05, 3.63) is 0 Å². The van der Waals surface area contributed by atoms with E-state index in [1.54, 1.807) is 0 Å². The molecule has 0 aliphatic carbocycles. The van der Waals surface area contributed by atoms with Crippen LogP contribution >= 0.6 is 0 Å². The lowest BCUT2D eigenvalue weighted by Crippen LogP contribution is -2.41. The van der Waals surface area contributed by atoms with E-state index in [0.717, 1.165) is 25.7 Å². The van der Waals surface area contributed by atoms with Crippen LogP contribution in [0, 0.1) is 5.92 Å². The SMILES string of the molecule is CCCC(N)CNC(=O)C1CCOC1CC. The molecule has 1 amide bonds. The maximum Gasteiger partial charge on any atom is 0.225 e. The standard InChI is InChI=1S/C12H24N2O2/c1-3-5-9(13)8-14-12(15)10-6-7-16-11(10)4-2/h9-11H,3-8,13H2,1-2H3,(H,14,15). The summed E-state index contributed by atoms with van der Waals surface area (Å²) in [6.45, 7) is 5.44. The molecule has 0 radical (unpaired) electrons. The molecule has 1 aliphatic heterocycles. The Labute approximate surface area is 97.9 Å². The van der Waals surface area contributed by atoms with Crippen LogP contribution in [-0.4, -0.2) is 31.2 Å². The van der Waals surface area contributed by atoms with Gasteiger partial charge in [-0.3, -0.25) is 4.79 Å². The number of hydrogen-bond acceptors (Lipinski definition) is 3. The molecule has 1 heterocycles. The van der Waals surface area contributed by atoms with Crippen molar-refractivity contribution in [3.63, 3.8) is 0 Å². The van der Waals surface area contributed by atoms with Crippen molar-refractivity contribution in [3.8, 4) is 0 Å². The van der Waals surface area contributed by atoms with Crippen LogP contribution in [0.25, 0.3) is 0 Å². The molecule has 0 spiro atoms. The number of ether oxygens (including phenoxy) is 1. The first-order chi connectivity index (χ1) is 7.69. The molecule has 3 N–H and O–H groups in total. The monoisotopic (exact) mass is 228 g/mol. The number of carbonyl (C=O) groups excluding carboxylic acids is 1. The van der Waals surface area contributed by atoms with Gasteiger partial charge in [-0.2, -0.15) is 0 Å². The molecule has 0 aromatic rings. The number of nitrogens with two attached hydrogens (primary N) is 1. The van der Waals surface area contributed by atoms with Crippen molar-refractivity contribution in [2.24, 2.45) is 11.7 Å². The Kier molecular flexibility index (Phi) is 5.77. The summed E-state index contributed by atoms with van der Waals surface area (Å²) in [4.78, 5) is 11.9. The molecule has 0 saturated carbocycles. The second kappa shape index (κ2) is 6.86. The fourth-order valence-corrected chi connectivity index (χ4v) is 2.19. The van der Waals surface area contributed by atoms with Crippen LogP contribution in [0.15, 0.2) is 0 Å². The van der Waals surface area contributed by atoms with Crippen molar-refractivity contribution in [2.75, 3.05) is 13.2 Å². The Balaban J connectivity index is 2.29. The van der Waals surface area contributed by atoms with Crippen LogP contribution in [0.3, 0.4) is 0 Å². The van der Waals surface area contributed by atoms with Gasteiger partial charge in [-0.1, -0.05) is 20.3 Å². The van der Waals surface area contributed by atoms with E-state index >= 15 is 0 Å². The quantitative estimate of drug-likeness (QED) is 0.714. The first-order valence-corrected chi connectivity index (χ1v) is 6.33. The number of carbonyl (C=O) groups is 1. The van der Waals surface area contributed by atoms with Crippen LogP contribution in [0.5, 0.6) is 0 Å². The molecule has 0 aromatic carbocycles. The summed E-state index contributed by atoms with van der Waals surface area (Å²) in [6, 6.07) is 0.0800. The number of nitrogens with one attached hydrogen (secondary N) is 1. The lowest BCUT2D eigenvalue weighted by atomic mass is 9.98. The van der Waals surface area contributed by atoms with Gasteiger partial charge < -0.3 is 15.8 Å². The zero-order valence-corrected chi connectivity index (χ0v) is 10.4. The third-order valence-corrected chi connectivity index (χ3v) is 3.15. The largest absolute Gasteiger partial charge is 0.377 e. The van der Waals surface area contributed by atoms with E-state index in [2.05, 4.69) is 19.2 Å². The summed E-state index contributed by atoms with van der Waals surface area (Å²) in [5.41, 5.74) is 5.85. The fourth-order valence-electron chi connectivity index (χ4n) is 2.19. The van der Waals surface area contributed by atoms with E-state index in [1.807, 2.05) is 0 Å². The maximum absolute atomic E-state index is 11.9. The van der Waals surface area contributed by atoms with Crippen LogP contribution in [0.1, 0.15) is 39.5 Å². The third kappa shape index (κ3) is 3.76. The van der Waals surface area contributed by atoms with E-state index in [1.165, 1.54) is 0 Å². The Hall–Kier alpha value is -0.610. The molecule has 94 valence electrons. The molecule has 1 rings (SSSR count). The lowest BCUT2D eigenvalue weighted by molar-refractivity contribution is -0.126. The minimum Gasteiger partial charge on any atom is -0.377 e. The van der Waals surface area contributed by atoms with Gasteiger partial charge in [0, 0.05) is 19.2 Å². The number of amides is 1. The van der Waals surface area contributed by atoms with Crippen LogP contribution in [0.4, 0.5) is 0 Å². The Morgan fingerprint density at radius 3 is 2.94 bits per heavy atom. The molecular formula is C12H24N2O2. The molecule has 4 nitrogen and oxygen atoms in total. The summed E-state index contributed by atoms with van der Waals surface area (Å²) in [5, 5.41) is 2.93. The fraction of sp³-hybridized carbons (Fsp3) is 0.917. The lowest BCUT2D eigenvalue weighted by Gasteiger charge is -2.18. The molecule has 4 heteroatoms. The third-order valence-electron chi connectivity index (χ3n) is 3.15. The molecule has 1 fully saturated rings. The molecular weight excluding hydrogens is 204 g/mol. The average molecular weight is 228 g/mol.